The van der Waals surface area contributed by atoms with E-state index < -0.39 is 10.0 Å². The van der Waals surface area contributed by atoms with Crippen molar-refractivity contribution in [2.24, 2.45) is 0 Å². The van der Waals surface area contributed by atoms with Gasteiger partial charge in [0.1, 0.15) is 10.0 Å². The molecular weight excluding hydrogens is 366 g/mol. The van der Waals surface area contributed by atoms with Crippen LogP contribution in [0.3, 0.4) is 0 Å². The summed E-state index contributed by atoms with van der Waals surface area (Å²) in [4.78, 5) is 7.42. The average Bonchev–Trinajstić information content (AvgIpc) is 3.08. The molecule has 0 unspecified atom stereocenters. The number of aryl methyl sites for hydroxylation is 1. The number of hydrogen-bond donors (Lipinski definition) is 1. The van der Waals surface area contributed by atoms with Gasteiger partial charge in [-0.2, -0.15) is 0 Å². The predicted molar refractivity (Wildman–Crippen MR) is 107 cm³/mol. The Bertz CT molecular complexity index is 952. The van der Waals surface area contributed by atoms with E-state index in [4.69, 9.17) is 0 Å². The highest BCUT2D eigenvalue weighted by Gasteiger charge is 2.17. The normalized spacial score (nSPS) is 11.3. The van der Waals surface area contributed by atoms with Crippen LogP contribution in [0.5, 0.6) is 0 Å². The van der Waals surface area contributed by atoms with Gasteiger partial charge in [0.15, 0.2) is 0 Å². The van der Waals surface area contributed by atoms with Crippen LogP contribution in [-0.4, -0.2) is 19.9 Å². The van der Waals surface area contributed by atoms with Gasteiger partial charge in [0.2, 0.25) is 0 Å². The van der Waals surface area contributed by atoms with Crippen LogP contribution in [0.2, 0.25) is 0 Å². The Morgan fingerprint density at radius 3 is 2.42 bits per heavy atom. The van der Waals surface area contributed by atoms with E-state index in [1.165, 1.54) is 16.9 Å². The van der Waals surface area contributed by atoms with Crippen molar-refractivity contribution < 1.29 is 8.42 Å². The molecule has 7 heteroatoms. The molecule has 5 nitrogen and oxygen atoms in total. The number of hydrogen-bond acceptors (Lipinski definition) is 5. The lowest BCUT2D eigenvalue weighted by Gasteiger charge is -2.23. The quantitative estimate of drug-likeness (QED) is 0.657. The van der Waals surface area contributed by atoms with E-state index in [2.05, 4.69) is 33.7 Å². The molecule has 0 radical (unpaired) electrons. The maximum absolute atomic E-state index is 12.4. The molecular formula is C19H21N3O2S2. The maximum Gasteiger partial charge on any atom is 0.272 e. The van der Waals surface area contributed by atoms with Gasteiger partial charge < -0.3 is 4.90 Å². The Kier molecular flexibility index (Phi) is 5.58. The smallest absolute Gasteiger partial charge is 0.272 e. The summed E-state index contributed by atoms with van der Waals surface area (Å²) in [6.45, 7) is 5.57. The second-order valence-corrected chi connectivity index (χ2v) is 9.07. The summed E-state index contributed by atoms with van der Waals surface area (Å²) >= 11 is 1.24. The monoisotopic (exact) mass is 387 g/mol. The number of pyridine rings is 1. The Morgan fingerprint density at radius 1 is 1.08 bits per heavy atom. The third kappa shape index (κ3) is 4.42. The molecule has 0 saturated carbocycles. The minimum absolute atomic E-state index is 0.292. The van der Waals surface area contributed by atoms with Crippen LogP contribution in [0, 0.1) is 6.92 Å². The molecule has 1 aromatic carbocycles. The molecule has 0 aliphatic carbocycles. The Balaban J connectivity index is 1.73. The molecule has 0 spiro atoms. The number of thiophene rings is 1. The highest BCUT2D eigenvalue weighted by atomic mass is 32.2. The topological polar surface area (TPSA) is 62.3 Å². The molecule has 136 valence electrons. The fourth-order valence-corrected chi connectivity index (χ4v) is 4.86. The number of sulfonamides is 1. The molecule has 26 heavy (non-hydrogen) atoms. The summed E-state index contributed by atoms with van der Waals surface area (Å²) in [6.07, 6.45) is 1.70. The molecule has 0 saturated heterocycles. The molecule has 2 aromatic heterocycles. The van der Waals surface area contributed by atoms with Crippen molar-refractivity contribution in [3.63, 3.8) is 0 Å². The van der Waals surface area contributed by atoms with Gasteiger partial charge in [0, 0.05) is 18.0 Å². The summed E-state index contributed by atoms with van der Waals surface area (Å²) in [6, 6.07) is 17.2. The highest BCUT2D eigenvalue weighted by molar-refractivity contribution is 7.94. The summed E-state index contributed by atoms with van der Waals surface area (Å²) in [5, 5.41) is 0. The first-order valence-corrected chi connectivity index (χ1v) is 10.6. The molecule has 0 atom stereocenters. The lowest BCUT2D eigenvalue weighted by Crippen LogP contribution is -2.22. The van der Waals surface area contributed by atoms with E-state index in [-0.39, 0.29) is 0 Å². The minimum Gasteiger partial charge on any atom is -0.366 e. The van der Waals surface area contributed by atoms with Crippen LogP contribution in [0.25, 0.3) is 0 Å². The zero-order valence-electron chi connectivity index (χ0n) is 14.7. The first kappa shape index (κ1) is 18.4. The minimum atomic E-state index is -3.59. The largest absolute Gasteiger partial charge is 0.366 e. The number of nitrogens with zero attached hydrogens (tertiary/aromatic N) is 2. The third-order valence-electron chi connectivity index (χ3n) is 3.93. The van der Waals surface area contributed by atoms with E-state index in [1.807, 2.05) is 31.2 Å². The summed E-state index contributed by atoms with van der Waals surface area (Å²) in [5.74, 6) is 0.315. The van der Waals surface area contributed by atoms with Gasteiger partial charge in [0.25, 0.3) is 10.0 Å². The van der Waals surface area contributed by atoms with E-state index >= 15 is 0 Å². The molecule has 3 aromatic rings. The van der Waals surface area contributed by atoms with Crippen molar-refractivity contribution in [3.05, 3.63) is 71.2 Å². The fraction of sp³-hybridized carbons (Fsp3) is 0.211. The molecule has 2 heterocycles. The van der Waals surface area contributed by atoms with Crippen LogP contribution in [0.15, 0.2) is 65.0 Å². The van der Waals surface area contributed by atoms with Crippen molar-refractivity contribution in [2.45, 2.75) is 24.6 Å². The van der Waals surface area contributed by atoms with Gasteiger partial charge in [0.05, 0.1) is 11.9 Å². The van der Waals surface area contributed by atoms with Crippen molar-refractivity contribution in [1.29, 1.82) is 0 Å². The van der Waals surface area contributed by atoms with E-state index in [0.29, 0.717) is 10.0 Å². The molecule has 0 bridgehead atoms. The van der Waals surface area contributed by atoms with E-state index in [0.717, 1.165) is 23.7 Å². The second kappa shape index (κ2) is 7.88. The average molecular weight is 388 g/mol. The van der Waals surface area contributed by atoms with E-state index in [9.17, 15) is 8.42 Å². The number of benzene rings is 1. The fourth-order valence-electron chi connectivity index (χ4n) is 2.57. The van der Waals surface area contributed by atoms with Crippen LogP contribution >= 0.6 is 11.3 Å². The molecule has 0 aliphatic rings. The summed E-state index contributed by atoms with van der Waals surface area (Å²) in [5.41, 5.74) is 2.17. The van der Waals surface area contributed by atoms with Gasteiger partial charge in [-0.05, 0) is 43.7 Å². The van der Waals surface area contributed by atoms with Crippen LogP contribution < -0.4 is 9.62 Å². The van der Waals surface area contributed by atoms with Gasteiger partial charge in [-0.1, -0.05) is 30.3 Å². The van der Waals surface area contributed by atoms with Crippen molar-refractivity contribution in [2.75, 3.05) is 16.2 Å². The lowest BCUT2D eigenvalue weighted by molar-refractivity contribution is 0.603. The predicted octanol–water partition coefficient (Wildman–Crippen LogP) is 4.28. The van der Waals surface area contributed by atoms with Crippen molar-refractivity contribution in [1.82, 2.24) is 4.98 Å². The van der Waals surface area contributed by atoms with Crippen molar-refractivity contribution in [3.8, 4) is 0 Å². The maximum atomic E-state index is 12.4. The molecule has 0 amide bonds. The summed E-state index contributed by atoms with van der Waals surface area (Å²) in [7, 11) is -3.59. The summed E-state index contributed by atoms with van der Waals surface area (Å²) < 4.78 is 27.6. The van der Waals surface area contributed by atoms with Crippen LogP contribution in [0.4, 0.5) is 11.5 Å². The standard InChI is InChI=1S/C19H21N3O2S2/c1-3-22(14-16-7-5-4-6-8-16)17-10-11-18(20-13-17)21-26(23,24)19-12-9-15(2)25-19/h4-13H,3,14H2,1-2H3,(H,20,21). The molecule has 3 rings (SSSR count). The molecule has 1 N–H and O–H groups in total. The van der Waals surface area contributed by atoms with Gasteiger partial charge in [-0.25, -0.2) is 13.4 Å². The highest BCUT2D eigenvalue weighted by Crippen LogP contribution is 2.24. The SMILES string of the molecule is CCN(Cc1ccccc1)c1ccc(NS(=O)(=O)c2ccc(C)s2)nc1. The van der Waals surface area contributed by atoms with Gasteiger partial charge >= 0.3 is 0 Å². The van der Waals surface area contributed by atoms with Crippen molar-refractivity contribution >= 4 is 32.9 Å². The molecule has 0 aliphatic heterocycles. The third-order valence-corrected chi connectivity index (χ3v) is 6.78. The number of anilines is 2. The van der Waals surface area contributed by atoms with Gasteiger partial charge in [-0.3, -0.25) is 4.72 Å². The second-order valence-electron chi connectivity index (χ2n) is 5.87. The zero-order valence-corrected chi connectivity index (χ0v) is 16.3. The number of aromatic nitrogens is 1. The zero-order chi connectivity index (χ0) is 18.6. The van der Waals surface area contributed by atoms with Crippen LogP contribution in [-0.2, 0) is 16.6 Å². The Morgan fingerprint density at radius 2 is 1.85 bits per heavy atom. The molecule has 0 fully saturated rings. The Hall–Kier alpha value is -2.38. The lowest BCUT2D eigenvalue weighted by atomic mass is 10.2. The first-order chi connectivity index (χ1) is 12.5. The van der Waals surface area contributed by atoms with Gasteiger partial charge in [-0.15, -0.1) is 11.3 Å². The first-order valence-electron chi connectivity index (χ1n) is 8.32. The van der Waals surface area contributed by atoms with Crippen LogP contribution in [0.1, 0.15) is 17.4 Å². The van der Waals surface area contributed by atoms with E-state index in [1.54, 1.807) is 24.4 Å². The Labute approximate surface area is 158 Å². The number of nitrogens with one attached hydrogen (secondary N) is 1. The number of rotatable bonds is 7.